The Bertz CT molecular complexity index is 1130. The van der Waals surface area contributed by atoms with Gasteiger partial charge in [-0.2, -0.15) is 0 Å². The summed E-state index contributed by atoms with van der Waals surface area (Å²) in [5.74, 6) is 1.27. The topological polar surface area (TPSA) is 55.0 Å². The van der Waals surface area contributed by atoms with E-state index in [1.54, 1.807) is 6.07 Å². The SMILES string of the molecule is Cc1ccccc1COc1cccc(-c2nc3ccccc3c(=O)[nH]2)c1. The second-order valence-corrected chi connectivity index (χ2v) is 6.17. The lowest BCUT2D eigenvalue weighted by Crippen LogP contribution is -2.09. The van der Waals surface area contributed by atoms with Crippen LogP contribution in [0.1, 0.15) is 11.1 Å². The fourth-order valence-electron chi connectivity index (χ4n) is 2.89. The van der Waals surface area contributed by atoms with Gasteiger partial charge in [0.2, 0.25) is 0 Å². The van der Waals surface area contributed by atoms with Crippen LogP contribution in [0, 0.1) is 6.92 Å². The Morgan fingerprint density at radius 1 is 0.962 bits per heavy atom. The van der Waals surface area contributed by atoms with Gasteiger partial charge in [-0.05, 0) is 42.3 Å². The minimum Gasteiger partial charge on any atom is -0.489 e. The van der Waals surface area contributed by atoms with Crippen LogP contribution in [0.5, 0.6) is 5.75 Å². The molecule has 0 aliphatic carbocycles. The fraction of sp³-hybridized carbons (Fsp3) is 0.0909. The van der Waals surface area contributed by atoms with E-state index in [-0.39, 0.29) is 5.56 Å². The van der Waals surface area contributed by atoms with Crippen molar-refractivity contribution in [1.29, 1.82) is 0 Å². The van der Waals surface area contributed by atoms with Crippen LogP contribution in [-0.4, -0.2) is 9.97 Å². The fourth-order valence-corrected chi connectivity index (χ4v) is 2.89. The van der Waals surface area contributed by atoms with E-state index >= 15 is 0 Å². The van der Waals surface area contributed by atoms with Gasteiger partial charge in [-0.3, -0.25) is 4.79 Å². The summed E-state index contributed by atoms with van der Waals surface area (Å²) < 4.78 is 5.93. The van der Waals surface area contributed by atoms with Gasteiger partial charge in [0.05, 0.1) is 10.9 Å². The maximum atomic E-state index is 12.3. The Morgan fingerprint density at radius 3 is 2.65 bits per heavy atom. The van der Waals surface area contributed by atoms with Crippen molar-refractivity contribution in [2.45, 2.75) is 13.5 Å². The van der Waals surface area contributed by atoms with E-state index in [1.165, 1.54) is 5.56 Å². The highest BCUT2D eigenvalue weighted by Gasteiger charge is 2.07. The van der Waals surface area contributed by atoms with Crippen LogP contribution >= 0.6 is 0 Å². The summed E-state index contributed by atoms with van der Waals surface area (Å²) in [6.07, 6.45) is 0. The van der Waals surface area contributed by atoms with Crippen LogP contribution in [0.2, 0.25) is 0 Å². The highest BCUT2D eigenvalue weighted by molar-refractivity contribution is 5.79. The number of aryl methyl sites for hydroxylation is 1. The molecule has 4 rings (SSSR count). The summed E-state index contributed by atoms with van der Waals surface area (Å²) >= 11 is 0. The number of rotatable bonds is 4. The van der Waals surface area contributed by atoms with Gasteiger partial charge in [-0.15, -0.1) is 0 Å². The zero-order valence-corrected chi connectivity index (χ0v) is 14.4. The van der Waals surface area contributed by atoms with E-state index in [0.29, 0.717) is 23.3 Å². The Kier molecular flexibility index (Phi) is 4.23. The molecule has 3 aromatic carbocycles. The second-order valence-electron chi connectivity index (χ2n) is 6.17. The van der Waals surface area contributed by atoms with Crippen molar-refractivity contribution in [2.75, 3.05) is 0 Å². The number of hydrogen-bond donors (Lipinski definition) is 1. The number of aromatic nitrogens is 2. The van der Waals surface area contributed by atoms with Crippen molar-refractivity contribution in [3.8, 4) is 17.1 Å². The molecule has 0 saturated carbocycles. The standard InChI is InChI=1S/C22H18N2O2/c1-15-7-2-3-8-17(15)14-26-18-10-6-9-16(13-18)21-23-20-12-5-4-11-19(20)22(25)24-21/h2-13H,14H2,1H3,(H,23,24,25). The van der Waals surface area contributed by atoms with Crippen molar-refractivity contribution in [2.24, 2.45) is 0 Å². The van der Waals surface area contributed by atoms with E-state index in [1.807, 2.05) is 54.6 Å². The van der Waals surface area contributed by atoms with E-state index in [2.05, 4.69) is 29.0 Å². The zero-order valence-electron chi connectivity index (χ0n) is 14.4. The Labute approximate surface area is 151 Å². The van der Waals surface area contributed by atoms with Gasteiger partial charge in [-0.1, -0.05) is 48.5 Å². The van der Waals surface area contributed by atoms with Crippen LogP contribution in [0.25, 0.3) is 22.3 Å². The molecule has 0 bridgehead atoms. The number of benzene rings is 3. The third kappa shape index (κ3) is 3.22. The molecule has 0 atom stereocenters. The molecular formula is C22H18N2O2. The monoisotopic (exact) mass is 342 g/mol. The first-order valence-corrected chi connectivity index (χ1v) is 8.47. The highest BCUT2D eigenvalue weighted by atomic mass is 16.5. The van der Waals surface area contributed by atoms with Gasteiger partial charge in [0.1, 0.15) is 18.2 Å². The predicted molar refractivity (Wildman–Crippen MR) is 103 cm³/mol. The maximum absolute atomic E-state index is 12.3. The van der Waals surface area contributed by atoms with Gasteiger partial charge in [0.25, 0.3) is 5.56 Å². The van der Waals surface area contributed by atoms with Gasteiger partial charge < -0.3 is 9.72 Å². The van der Waals surface area contributed by atoms with Crippen molar-refractivity contribution in [3.63, 3.8) is 0 Å². The van der Waals surface area contributed by atoms with E-state index in [0.717, 1.165) is 16.9 Å². The van der Waals surface area contributed by atoms with Crippen LogP contribution in [0.15, 0.2) is 77.6 Å². The second kappa shape index (κ2) is 6.84. The van der Waals surface area contributed by atoms with Crippen molar-refractivity contribution in [3.05, 3.63) is 94.3 Å². The van der Waals surface area contributed by atoms with E-state index in [9.17, 15) is 4.79 Å². The predicted octanol–water partition coefficient (Wildman–Crippen LogP) is 4.48. The third-order valence-electron chi connectivity index (χ3n) is 4.38. The summed E-state index contributed by atoms with van der Waals surface area (Å²) in [6.45, 7) is 2.57. The smallest absolute Gasteiger partial charge is 0.259 e. The molecule has 0 radical (unpaired) electrons. The average Bonchev–Trinajstić information content (AvgIpc) is 2.68. The number of aromatic amines is 1. The molecule has 4 nitrogen and oxygen atoms in total. The van der Waals surface area contributed by atoms with Crippen molar-refractivity contribution < 1.29 is 4.74 Å². The van der Waals surface area contributed by atoms with Gasteiger partial charge in [-0.25, -0.2) is 4.98 Å². The Hall–Kier alpha value is -3.40. The molecule has 0 spiro atoms. The Morgan fingerprint density at radius 2 is 1.77 bits per heavy atom. The molecule has 4 aromatic rings. The summed E-state index contributed by atoms with van der Waals surface area (Å²) in [6, 6.07) is 23.1. The van der Waals surface area contributed by atoms with Crippen molar-refractivity contribution >= 4 is 10.9 Å². The molecule has 26 heavy (non-hydrogen) atoms. The molecule has 0 saturated heterocycles. The average molecular weight is 342 g/mol. The van der Waals surface area contributed by atoms with E-state index < -0.39 is 0 Å². The minimum absolute atomic E-state index is 0.142. The van der Waals surface area contributed by atoms with Crippen LogP contribution in [0.4, 0.5) is 0 Å². The summed E-state index contributed by atoms with van der Waals surface area (Å²) in [5.41, 5.74) is 3.70. The quantitative estimate of drug-likeness (QED) is 0.595. The molecule has 128 valence electrons. The van der Waals surface area contributed by atoms with Gasteiger partial charge in [0, 0.05) is 5.56 Å². The number of nitrogens with one attached hydrogen (secondary N) is 1. The van der Waals surface area contributed by atoms with Crippen molar-refractivity contribution in [1.82, 2.24) is 9.97 Å². The third-order valence-corrected chi connectivity index (χ3v) is 4.38. The van der Waals surface area contributed by atoms with Gasteiger partial charge >= 0.3 is 0 Å². The maximum Gasteiger partial charge on any atom is 0.259 e. The first kappa shape index (κ1) is 16.1. The summed E-state index contributed by atoms with van der Waals surface area (Å²) in [7, 11) is 0. The number of para-hydroxylation sites is 1. The number of fused-ring (bicyclic) bond motifs is 1. The molecule has 4 heteroatoms. The lowest BCUT2D eigenvalue weighted by Gasteiger charge is -2.10. The lowest BCUT2D eigenvalue weighted by molar-refractivity contribution is 0.305. The Balaban J connectivity index is 1.64. The molecule has 0 amide bonds. The van der Waals surface area contributed by atoms with Crippen LogP contribution in [0.3, 0.4) is 0 Å². The number of ether oxygens (including phenoxy) is 1. The summed E-state index contributed by atoms with van der Waals surface area (Å²) in [5, 5.41) is 0.586. The van der Waals surface area contributed by atoms with Crippen LogP contribution < -0.4 is 10.3 Å². The molecule has 1 heterocycles. The summed E-state index contributed by atoms with van der Waals surface area (Å²) in [4.78, 5) is 19.7. The number of nitrogens with zero attached hydrogens (tertiary/aromatic N) is 1. The highest BCUT2D eigenvalue weighted by Crippen LogP contribution is 2.22. The first-order chi connectivity index (χ1) is 12.7. The molecule has 0 aliphatic rings. The zero-order chi connectivity index (χ0) is 17.9. The number of hydrogen-bond acceptors (Lipinski definition) is 3. The number of H-pyrrole nitrogens is 1. The van der Waals surface area contributed by atoms with E-state index in [4.69, 9.17) is 4.74 Å². The minimum atomic E-state index is -0.142. The molecule has 0 aliphatic heterocycles. The first-order valence-electron chi connectivity index (χ1n) is 8.47. The molecule has 1 N–H and O–H groups in total. The molecule has 0 fully saturated rings. The lowest BCUT2D eigenvalue weighted by atomic mass is 10.1. The normalized spacial score (nSPS) is 10.8. The molecule has 0 unspecified atom stereocenters. The molecule has 1 aromatic heterocycles. The van der Waals surface area contributed by atoms with Crippen LogP contribution in [-0.2, 0) is 6.61 Å². The molecular weight excluding hydrogens is 324 g/mol. The van der Waals surface area contributed by atoms with Gasteiger partial charge in [0.15, 0.2) is 0 Å². The largest absolute Gasteiger partial charge is 0.489 e.